The standard InChI is InChI=1S/C12H12N4O2/c1-8-5-11(15-14-8)12(18)16-13-7-9-3-2-4-10(17)6-9/h2-7,17H,1H3,(H,14,15)(H,16,18)/b13-7-. The van der Waals surface area contributed by atoms with Crippen LogP contribution in [-0.4, -0.2) is 27.4 Å². The second kappa shape index (κ2) is 5.13. The van der Waals surface area contributed by atoms with Crippen molar-refractivity contribution in [3.8, 4) is 5.75 Å². The third-order valence-corrected chi connectivity index (χ3v) is 2.19. The van der Waals surface area contributed by atoms with Crippen LogP contribution < -0.4 is 5.43 Å². The van der Waals surface area contributed by atoms with Crippen LogP contribution in [-0.2, 0) is 0 Å². The van der Waals surface area contributed by atoms with Crippen LogP contribution in [0.5, 0.6) is 5.75 Å². The molecule has 0 spiro atoms. The zero-order chi connectivity index (χ0) is 13.0. The van der Waals surface area contributed by atoms with Crippen LogP contribution in [0.4, 0.5) is 0 Å². The van der Waals surface area contributed by atoms with Gasteiger partial charge >= 0.3 is 0 Å². The van der Waals surface area contributed by atoms with E-state index in [1.807, 2.05) is 0 Å². The summed E-state index contributed by atoms with van der Waals surface area (Å²) in [6, 6.07) is 8.17. The van der Waals surface area contributed by atoms with E-state index >= 15 is 0 Å². The molecule has 6 nitrogen and oxygen atoms in total. The monoisotopic (exact) mass is 244 g/mol. The minimum absolute atomic E-state index is 0.146. The summed E-state index contributed by atoms with van der Waals surface area (Å²) in [7, 11) is 0. The fraction of sp³-hybridized carbons (Fsp3) is 0.0833. The lowest BCUT2D eigenvalue weighted by Crippen LogP contribution is -2.17. The molecule has 0 aliphatic carbocycles. The molecule has 0 aliphatic heterocycles. The number of carbonyl (C=O) groups is 1. The zero-order valence-corrected chi connectivity index (χ0v) is 9.71. The minimum atomic E-state index is -0.393. The van der Waals surface area contributed by atoms with Gasteiger partial charge in [0.25, 0.3) is 5.91 Å². The summed E-state index contributed by atoms with van der Waals surface area (Å²) in [6.07, 6.45) is 1.44. The van der Waals surface area contributed by atoms with Crippen molar-refractivity contribution in [1.82, 2.24) is 15.6 Å². The molecule has 6 heteroatoms. The van der Waals surface area contributed by atoms with Crippen LogP contribution in [0.25, 0.3) is 0 Å². The minimum Gasteiger partial charge on any atom is -0.508 e. The van der Waals surface area contributed by atoms with Crippen LogP contribution in [0.3, 0.4) is 0 Å². The Balaban J connectivity index is 1.97. The summed E-state index contributed by atoms with van der Waals surface area (Å²) in [5.41, 5.74) is 4.12. The number of nitrogens with one attached hydrogen (secondary N) is 2. The van der Waals surface area contributed by atoms with Gasteiger partial charge in [-0.15, -0.1) is 0 Å². The number of nitrogens with zero attached hydrogens (tertiary/aromatic N) is 2. The van der Waals surface area contributed by atoms with Gasteiger partial charge in [0, 0.05) is 5.69 Å². The highest BCUT2D eigenvalue weighted by molar-refractivity contribution is 5.93. The Hall–Kier alpha value is -2.63. The lowest BCUT2D eigenvalue weighted by Gasteiger charge is -1.96. The summed E-state index contributed by atoms with van der Waals surface area (Å²) in [4.78, 5) is 11.6. The number of phenolic OH excluding ortho intramolecular Hbond substituents is 1. The quantitative estimate of drug-likeness (QED) is 0.559. The van der Waals surface area contributed by atoms with Gasteiger partial charge < -0.3 is 5.11 Å². The van der Waals surface area contributed by atoms with Crippen molar-refractivity contribution < 1.29 is 9.90 Å². The lowest BCUT2D eigenvalue weighted by molar-refractivity contribution is 0.0950. The lowest BCUT2D eigenvalue weighted by atomic mass is 10.2. The molecule has 0 saturated carbocycles. The zero-order valence-electron chi connectivity index (χ0n) is 9.71. The van der Waals surface area contributed by atoms with Crippen molar-refractivity contribution in [2.75, 3.05) is 0 Å². The number of aromatic nitrogens is 2. The molecule has 0 fully saturated rings. The number of hydrazone groups is 1. The van der Waals surface area contributed by atoms with Crippen LogP contribution in [0.1, 0.15) is 21.7 Å². The van der Waals surface area contributed by atoms with Gasteiger partial charge in [0.1, 0.15) is 5.75 Å². The van der Waals surface area contributed by atoms with Gasteiger partial charge in [-0.3, -0.25) is 9.89 Å². The van der Waals surface area contributed by atoms with Gasteiger partial charge in [-0.1, -0.05) is 12.1 Å². The van der Waals surface area contributed by atoms with Crippen molar-refractivity contribution in [1.29, 1.82) is 0 Å². The summed E-state index contributed by atoms with van der Waals surface area (Å²) >= 11 is 0. The number of hydrogen-bond acceptors (Lipinski definition) is 4. The number of amides is 1. The first-order valence-electron chi connectivity index (χ1n) is 5.29. The number of aromatic hydroxyl groups is 1. The Morgan fingerprint density at radius 2 is 2.33 bits per heavy atom. The normalized spacial score (nSPS) is 10.7. The number of aromatic amines is 1. The molecule has 0 bridgehead atoms. The summed E-state index contributed by atoms with van der Waals surface area (Å²) in [6.45, 7) is 1.81. The molecule has 1 heterocycles. The van der Waals surface area contributed by atoms with Gasteiger partial charge in [-0.2, -0.15) is 10.2 Å². The highest BCUT2D eigenvalue weighted by Crippen LogP contribution is 2.08. The molecule has 0 saturated heterocycles. The molecule has 1 aromatic carbocycles. The number of rotatable bonds is 3. The van der Waals surface area contributed by atoms with E-state index in [1.165, 1.54) is 12.3 Å². The Morgan fingerprint density at radius 3 is 3.00 bits per heavy atom. The molecule has 1 aromatic heterocycles. The molecular formula is C12H12N4O2. The molecule has 2 rings (SSSR count). The number of H-pyrrole nitrogens is 1. The molecule has 0 unspecified atom stereocenters. The SMILES string of the molecule is Cc1cc(C(=O)N/N=C\c2cccc(O)c2)n[nH]1. The van der Waals surface area contributed by atoms with E-state index < -0.39 is 5.91 Å². The smallest absolute Gasteiger partial charge is 0.291 e. The third-order valence-electron chi connectivity index (χ3n) is 2.19. The predicted molar refractivity (Wildman–Crippen MR) is 66.5 cm³/mol. The molecule has 0 aliphatic rings. The fourth-order valence-electron chi connectivity index (χ4n) is 1.36. The predicted octanol–water partition coefficient (Wildman–Crippen LogP) is 1.19. The maximum Gasteiger partial charge on any atom is 0.291 e. The highest BCUT2D eigenvalue weighted by atomic mass is 16.3. The molecule has 1 amide bonds. The number of carbonyl (C=O) groups excluding carboxylic acids is 1. The largest absolute Gasteiger partial charge is 0.508 e. The van der Waals surface area contributed by atoms with Gasteiger partial charge in [-0.25, -0.2) is 5.43 Å². The van der Waals surface area contributed by atoms with Gasteiger partial charge in [0.15, 0.2) is 5.69 Å². The first kappa shape index (κ1) is 11.8. The van der Waals surface area contributed by atoms with Crippen LogP contribution in [0, 0.1) is 6.92 Å². The van der Waals surface area contributed by atoms with Crippen molar-refractivity contribution >= 4 is 12.1 Å². The van der Waals surface area contributed by atoms with E-state index in [-0.39, 0.29) is 11.4 Å². The molecule has 3 N–H and O–H groups in total. The van der Waals surface area contributed by atoms with Crippen LogP contribution >= 0.6 is 0 Å². The summed E-state index contributed by atoms with van der Waals surface area (Å²) in [5, 5.41) is 19.5. The molecule has 0 atom stereocenters. The van der Waals surface area contributed by atoms with Crippen molar-refractivity contribution in [3.63, 3.8) is 0 Å². The first-order chi connectivity index (χ1) is 8.65. The summed E-state index contributed by atoms with van der Waals surface area (Å²) in [5.74, 6) is -0.246. The molecule has 92 valence electrons. The first-order valence-corrected chi connectivity index (χ1v) is 5.29. The van der Waals surface area contributed by atoms with E-state index in [4.69, 9.17) is 0 Å². The molecule has 0 radical (unpaired) electrons. The Morgan fingerprint density at radius 1 is 1.50 bits per heavy atom. The number of phenols is 1. The summed E-state index contributed by atoms with van der Waals surface area (Å²) < 4.78 is 0. The average Bonchev–Trinajstić information content (AvgIpc) is 2.76. The number of benzene rings is 1. The third kappa shape index (κ3) is 2.94. The van der Waals surface area contributed by atoms with Crippen LogP contribution in [0.2, 0.25) is 0 Å². The van der Waals surface area contributed by atoms with Crippen molar-refractivity contribution in [2.24, 2.45) is 5.10 Å². The Kier molecular flexibility index (Phi) is 3.38. The Bertz CT molecular complexity index is 589. The van der Waals surface area contributed by atoms with E-state index in [1.54, 1.807) is 31.2 Å². The molecule has 18 heavy (non-hydrogen) atoms. The van der Waals surface area contributed by atoms with E-state index in [0.29, 0.717) is 5.56 Å². The van der Waals surface area contributed by atoms with Gasteiger partial charge in [0.05, 0.1) is 6.21 Å². The number of hydrogen-bond donors (Lipinski definition) is 3. The average molecular weight is 244 g/mol. The van der Waals surface area contributed by atoms with Crippen molar-refractivity contribution in [2.45, 2.75) is 6.92 Å². The van der Waals surface area contributed by atoms with Crippen LogP contribution in [0.15, 0.2) is 35.4 Å². The molecule has 2 aromatic rings. The maximum atomic E-state index is 11.6. The van der Waals surface area contributed by atoms with Gasteiger partial charge in [0.2, 0.25) is 0 Å². The van der Waals surface area contributed by atoms with E-state index in [2.05, 4.69) is 20.7 Å². The second-order valence-electron chi connectivity index (χ2n) is 3.73. The maximum absolute atomic E-state index is 11.6. The van der Waals surface area contributed by atoms with Gasteiger partial charge in [-0.05, 0) is 30.7 Å². The van der Waals surface area contributed by atoms with E-state index in [0.717, 1.165) is 5.69 Å². The fourth-order valence-corrected chi connectivity index (χ4v) is 1.36. The van der Waals surface area contributed by atoms with E-state index in [9.17, 15) is 9.90 Å². The Labute approximate surface area is 103 Å². The topological polar surface area (TPSA) is 90.4 Å². The molecular weight excluding hydrogens is 232 g/mol. The second-order valence-corrected chi connectivity index (χ2v) is 3.73. The van der Waals surface area contributed by atoms with Crippen molar-refractivity contribution in [3.05, 3.63) is 47.3 Å². The number of aryl methyl sites for hydroxylation is 1. The highest BCUT2D eigenvalue weighted by Gasteiger charge is 2.07.